The van der Waals surface area contributed by atoms with Gasteiger partial charge in [0.05, 0.1) is 5.84 Å². The Kier molecular flexibility index (Phi) is 4.35. The molecule has 1 aromatic heterocycles. The van der Waals surface area contributed by atoms with Crippen LogP contribution < -0.4 is 11.3 Å². The summed E-state index contributed by atoms with van der Waals surface area (Å²) in [6.07, 6.45) is 1.88. The molecule has 4 N–H and O–H groups in total. The van der Waals surface area contributed by atoms with E-state index in [2.05, 4.69) is 9.97 Å². The molecule has 0 aliphatic heterocycles. The third-order valence-corrected chi connectivity index (χ3v) is 3.63. The van der Waals surface area contributed by atoms with Gasteiger partial charge in [0.1, 0.15) is 0 Å². The number of hydrogen-bond donors (Lipinski definition) is 3. The lowest BCUT2D eigenvalue weighted by Crippen LogP contribution is -2.14. The molecule has 0 bridgehead atoms. The van der Waals surface area contributed by atoms with Gasteiger partial charge in [0, 0.05) is 23.9 Å². The van der Waals surface area contributed by atoms with Gasteiger partial charge in [-0.05, 0) is 5.56 Å². The van der Waals surface area contributed by atoms with Gasteiger partial charge in [0.25, 0.3) is 5.56 Å². The second kappa shape index (κ2) is 6.19. The number of nitrogens with zero attached hydrogens (tertiary/aromatic N) is 1. The molecule has 19 heavy (non-hydrogen) atoms. The van der Waals surface area contributed by atoms with Crippen LogP contribution in [0, 0.1) is 5.41 Å². The van der Waals surface area contributed by atoms with Crippen molar-refractivity contribution in [3.05, 3.63) is 58.5 Å². The van der Waals surface area contributed by atoms with Crippen LogP contribution in [0.5, 0.6) is 0 Å². The summed E-state index contributed by atoms with van der Waals surface area (Å²) in [5.74, 6) is 0.111. The highest BCUT2D eigenvalue weighted by molar-refractivity contribution is 7.99. The van der Waals surface area contributed by atoms with Crippen molar-refractivity contribution >= 4 is 17.6 Å². The van der Waals surface area contributed by atoms with Crippen LogP contribution in [0.4, 0.5) is 0 Å². The first kappa shape index (κ1) is 13.4. The molecule has 1 unspecified atom stereocenters. The van der Waals surface area contributed by atoms with Crippen LogP contribution in [0.15, 0.2) is 52.5 Å². The second-order valence-corrected chi connectivity index (χ2v) is 5.18. The molecule has 1 atom stereocenters. The highest BCUT2D eigenvalue weighted by atomic mass is 32.2. The van der Waals surface area contributed by atoms with Crippen molar-refractivity contribution in [2.24, 2.45) is 5.73 Å². The third kappa shape index (κ3) is 3.96. The number of aromatic amines is 1. The lowest BCUT2D eigenvalue weighted by atomic mass is 10.1. The van der Waals surface area contributed by atoms with Gasteiger partial charge >= 0.3 is 0 Å². The number of rotatable bonds is 5. The van der Waals surface area contributed by atoms with Crippen LogP contribution in [0.1, 0.15) is 17.2 Å². The Morgan fingerprint density at radius 3 is 2.74 bits per heavy atom. The minimum absolute atomic E-state index is 0.0377. The molecule has 0 saturated heterocycles. The average molecular weight is 274 g/mol. The van der Waals surface area contributed by atoms with E-state index in [0.717, 1.165) is 5.56 Å². The van der Waals surface area contributed by atoms with Gasteiger partial charge in [-0.1, -0.05) is 42.1 Å². The smallest absolute Gasteiger partial charge is 0.251 e. The maximum absolute atomic E-state index is 11.3. The van der Waals surface area contributed by atoms with Crippen LogP contribution in [0.25, 0.3) is 0 Å². The first-order valence-electron chi connectivity index (χ1n) is 5.75. The normalized spacial score (nSPS) is 12.0. The number of amidine groups is 1. The Bertz CT molecular complexity index is 611. The van der Waals surface area contributed by atoms with Crippen molar-refractivity contribution in [1.29, 1.82) is 5.41 Å². The van der Waals surface area contributed by atoms with Gasteiger partial charge < -0.3 is 10.7 Å². The fourth-order valence-corrected chi connectivity index (χ4v) is 2.75. The molecule has 2 rings (SSSR count). The zero-order valence-electron chi connectivity index (χ0n) is 10.2. The van der Waals surface area contributed by atoms with Crippen molar-refractivity contribution < 1.29 is 0 Å². The number of hydrogen-bond acceptors (Lipinski definition) is 4. The number of aromatic nitrogens is 2. The van der Waals surface area contributed by atoms with E-state index in [1.165, 1.54) is 24.0 Å². The lowest BCUT2D eigenvalue weighted by Gasteiger charge is -2.15. The van der Waals surface area contributed by atoms with Crippen molar-refractivity contribution in [3.8, 4) is 0 Å². The van der Waals surface area contributed by atoms with Crippen molar-refractivity contribution in [2.75, 3.05) is 0 Å². The maximum Gasteiger partial charge on any atom is 0.251 e. The Morgan fingerprint density at radius 1 is 1.37 bits per heavy atom. The van der Waals surface area contributed by atoms with Gasteiger partial charge in [0.15, 0.2) is 5.16 Å². The van der Waals surface area contributed by atoms with Gasteiger partial charge in [-0.25, -0.2) is 4.98 Å². The summed E-state index contributed by atoms with van der Waals surface area (Å²) in [6.45, 7) is 0. The molecule has 0 spiro atoms. The minimum Gasteiger partial charge on any atom is -0.388 e. The van der Waals surface area contributed by atoms with E-state index in [4.69, 9.17) is 11.1 Å². The molecule has 0 aliphatic rings. The number of H-pyrrole nitrogens is 1. The Labute approximate surface area is 114 Å². The molecular weight excluding hydrogens is 260 g/mol. The molecule has 1 aromatic carbocycles. The number of thioether (sulfide) groups is 1. The molecule has 2 aromatic rings. The first-order valence-corrected chi connectivity index (χ1v) is 6.63. The molecule has 6 heteroatoms. The van der Waals surface area contributed by atoms with E-state index < -0.39 is 0 Å². The van der Waals surface area contributed by atoms with Gasteiger partial charge in [-0.3, -0.25) is 10.2 Å². The quantitative estimate of drug-likeness (QED) is 0.336. The monoisotopic (exact) mass is 274 g/mol. The fraction of sp³-hybridized carbons (Fsp3) is 0.154. The van der Waals surface area contributed by atoms with Gasteiger partial charge in [-0.2, -0.15) is 0 Å². The largest absolute Gasteiger partial charge is 0.388 e. The summed E-state index contributed by atoms with van der Waals surface area (Å²) in [7, 11) is 0. The topological polar surface area (TPSA) is 95.6 Å². The summed E-state index contributed by atoms with van der Waals surface area (Å²) < 4.78 is 0. The molecule has 0 amide bonds. The molecular formula is C13H14N4OS. The van der Waals surface area contributed by atoms with Crippen LogP contribution >= 0.6 is 11.8 Å². The maximum atomic E-state index is 11.3. The van der Waals surface area contributed by atoms with Gasteiger partial charge in [0.2, 0.25) is 0 Å². The minimum atomic E-state index is -0.188. The van der Waals surface area contributed by atoms with E-state index in [1.807, 2.05) is 30.3 Å². The molecule has 0 saturated carbocycles. The van der Waals surface area contributed by atoms with E-state index >= 15 is 0 Å². The SMILES string of the molecule is N=C(N)CC(Sc1nccc(=O)[nH]1)c1ccccc1. The van der Waals surface area contributed by atoms with Crippen LogP contribution in [0.2, 0.25) is 0 Å². The lowest BCUT2D eigenvalue weighted by molar-refractivity contribution is 0.911. The Morgan fingerprint density at radius 2 is 2.11 bits per heavy atom. The summed E-state index contributed by atoms with van der Waals surface area (Å²) >= 11 is 1.40. The summed E-state index contributed by atoms with van der Waals surface area (Å²) in [4.78, 5) is 18.0. The first-order chi connectivity index (χ1) is 9.15. The predicted octanol–water partition coefficient (Wildman–Crippen LogP) is 1.93. The van der Waals surface area contributed by atoms with E-state index in [9.17, 15) is 4.79 Å². The van der Waals surface area contributed by atoms with E-state index in [0.29, 0.717) is 11.6 Å². The molecule has 0 aliphatic carbocycles. The zero-order chi connectivity index (χ0) is 13.7. The molecule has 1 heterocycles. The average Bonchev–Trinajstić information content (AvgIpc) is 2.38. The third-order valence-electron chi connectivity index (χ3n) is 2.48. The summed E-state index contributed by atoms with van der Waals surface area (Å²) in [5, 5.41) is 7.95. The fourth-order valence-electron chi connectivity index (χ4n) is 1.64. The summed E-state index contributed by atoms with van der Waals surface area (Å²) in [6, 6.07) is 11.1. The van der Waals surface area contributed by atoms with Crippen LogP contribution in [0.3, 0.4) is 0 Å². The molecule has 0 fully saturated rings. The molecule has 0 radical (unpaired) electrons. The number of nitrogens with one attached hydrogen (secondary N) is 2. The van der Waals surface area contributed by atoms with Crippen molar-refractivity contribution in [3.63, 3.8) is 0 Å². The molecule has 5 nitrogen and oxygen atoms in total. The highest BCUT2D eigenvalue weighted by Crippen LogP contribution is 2.35. The van der Waals surface area contributed by atoms with Crippen LogP contribution in [-0.4, -0.2) is 15.8 Å². The van der Waals surface area contributed by atoms with Gasteiger partial charge in [-0.15, -0.1) is 0 Å². The van der Waals surface area contributed by atoms with Crippen molar-refractivity contribution in [1.82, 2.24) is 9.97 Å². The highest BCUT2D eigenvalue weighted by Gasteiger charge is 2.15. The number of benzene rings is 1. The zero-order valence-corrected chi connectivity index (χ0v) is 11.0. The van der Waals surface area contributed by atoms with E-state index in [1.54, 1.807) is 0 Å². The van der Waals surface area contributed by atoms with E-state index in [-0.39, 0.29) is 16.6 Å². The second-order valence-electron chi connectivity index (χ2n) is 3.99. The standard InChI is InChI=1S/C13H14N4OS/c14-11(15)8-10(9-4-2-1-3-5-9)19-13-16-7-6-12(18)17-13/h1-7,10H,8H2,(H3,14,15)(H,16,17,18). The Balaban J connectivity index is 2.24. The number of nitrogens with two attached hydrogens (primary N) is 1. The molecule has 98 valence electrons. The summed E-state index contributed by atoms with van der Waals surface area (Å²) in [5.41, 5.74) is 6.35. The van der Waals surface area contributed by atoms with Crippen molar-refractivity contribution in [2.45, 2.75) is 16.8 Å². The van der Waals surface area contributed by atoms with Crippen LogP contribution in [-0.2, 0) is 0 Å². The predicted molar refractivity (Wildman–Crippen MR) is 76.4 cm³/mol. The Hall–Kier alpha value is -2.08.